The van der Waals surface area contributed by atoms with E-state index in [-0.39, 0.29) is 6.03 Å². The number of carbonyl (C=O) groups excluding carboxylic acids is 1. The normalized spacial score (nSPS) is 10.7. The Kier molecular flexibility index (Phi) is 4.28. The minimum absolute atomic E-state index is 0.218. The van der Waals surface area contributed by atoms with Crippen molar-refractivity contribution in [3.63, 3.8) is 0 Å². The zero-order valence-electron chi connectivity index (χ0n) is 13.3. The predicted octanol–water partition coefficient (Wildman–Crippen LogP) is 3.69. The van der Waals surface area contributed by atoms with Crippen molar-refractivity contribution in [1.29, 1.82) is 0 Å². The van der Waals surface area contributed by atoms with Crippen LogP contribution in [0.25, 0.3) is 10.8 Å². The third-order valence-electron chi connectivity index (χ3n) is 3.85. The van der Waals surface area contributed by atoms with Crippen LogP contribution in [-0.2, 0) is 13.1 Å². The van der Waals surface area contributed by atoms with Gasteiger partial charge in [-0.2, -0.15) is 5.10 Å². The Labute approximate surface area is 135 Å². The molecular weight excluding hydrogens is 288 g/mol. The van der Waals surface area contributed by atoms with E-state index in [2.05, 4.69) is 15.7 Å². The molecule has 0 saturated carbocycles. The van der Waals surface area contributed by atoms with Crippen LogP contribution in [0.15, 0.2) is 48.7 Å². The van der Waals surface area contributed by atoms with E-state index in [0.29, 0.717) is 6.54 Å². The van der Waals surface area contributed by atoms with Gasteiger partial charge in [-0.25, -0.2) is 4.79 Å². The second kappa shape index (κ2) is 6.52. The maximum Gasteiger partial charge on any atom is 0.319 e. The van der Waals surface area contributed by atoms with Crippen molar-refractivity contribution >= 4 is 22.5 Å². The third-order valence-corrected chi connectivity index (χ3v) is 3.85. The van der Waals surface area contributed by atoms with Crippen molar-refractivity contribution in [1.82, 2.24) is 15.1 Å². The SMILES string of the molecule is CCn1cc(CNC(=O)Nc2cccc3ccccc23)c(C)n1. The molecule has 0 fully saturated rings. The molecule has 118 valence electrons. The summed E-state index contributed by atoms with van der Waals surface area (Å²) in [6.07, 6.45) is 1.97. The van der Waals surface area contributed by atoms with Crippen LogP contribution >= 0.6 is 0 Å². The Balaban J connectivity index is 1.68. The first-order valence-corrected chi connectivity index (χ1v) is 7.73. The number of carbonyl (C=O) groups is 1. The summed E-state index contributed by atoms with van der Waals surface area (Å²) in [7, 11) is 0. The number of amides is 2. The molecule has 0 saturated heterocycles. The maximum atomic E-state index is 12.2. The molecule has 5 nitrogen and oxygen atoms in total. The molecule has 2 aromatic carbocycles. The van der Waals surface area contributed by atoms with E-state index in [1.54, 1.807) is 0 Å². The van der Waals surface area contributed by atoms with Gasteiger partial charge in [0.15, 0.2) is 0 Å². The van der Waals surface area contributed by atoms with Crippen LogP contribution in [-0.4, -0.2) is 15.8 Å². The van der Waals surface area contributed by atoms with Crippen LogP contribution in [0.3, 0.4) is 0 Å². The van der Waals surface area contributed by atoms with E-state index in [9.17, 15) is 4.79 Å². The highest BCUT2D eigenvalue weighted by atomic mass is 16.2. The van der Waals surface area contributed by atoms with Gasteiger partial charge in [-0.3, -0.25) is 4.68 Å². The number of anilines is 1. The van der Waals surface area contributed by atoms with Crippen molar-refractivity contribution < 1.29 is 4.79 Å². The zero-order chi connectivity index (χ0) is 16.2. The third kappa shape index (κ3) is 3.34. The Morgan fingerprint density at radius 2 is 1.96 bits per heavy atom. The number of nitrogens with one attached hydrogen (secondary N) is 2. The molecule has 1 aromatic heterocycles. The van der Waals surface area contributed by atoms with Crippen LogP contribution in [0, 0.1) is 6.92 Å². The van der Waals surface area contributed by atoms with E-state index < -0.39 is 0 Å². The van der Waals surface area contributed by atoms with Crippen molar-refractivity contribution in [3.05, 3.63) is 59.9 Å². The van der Waals surface area contributed by atoms with Crippen molar-refractivity contribution in [2.24, 2.45) is 0 Å². The Bertz CT molecular complexity index is 833. The predicted molar refractivity (Wildman–Crippen MR) is 92.4 cm³/mol. The second-order valence-corrected chi connectivity index (χ2v) is 5.43. The van der Waals surface area contributed by atoms with E-state index in [1.807, 2.05) is 67.2 Å². The van der Waals surface area contributed by atoms with Gasteiger partial charge in [-0.05, 0) is 25.3 Å². The number of hydrogen-bond donors (Lipinski definition) is 2. The zero-order valence-corrected chi connectivity index (χ0v) is 13.3. The first kappa shape index (κ1) is 15.1. The lowest BCUT2D eigenvalue weighted by Crippen LogP contribution is -2.28. The van der Waals surface area contributed by atoms with Crippen LogP contribution in [0.5, 0.6) is 0 Å². The topological polar surface area (TPSA) is 59.0 Å². The quantitative estimate of drug-likeness (QED) is 0.772. The lowest BCUT2D eigenvalue weighted by molar-refractivity contribution is 0.252. The number of aromatic nitrogens is 2. The van der Waals surface area contributed by atoms with Crippen molar-refractivity contribution in [2.75, 3.05) is 5.32 Å². The number of hydrogen-bond acceptors (Lipinski definition) is 2. The van der Waals surface area contributed by atoms with Gasteiger partial charge >= 0.3 is 6.03 Å². The molecule has 3 rings (SSSR count). The molecule has 2 amide bonds. The van der Waals surface area contributed by atoms with Crippen LogP contribution in [0.1, 0.15) is 18.2 Å². The summed E-state index contributed by atoms with van der Waals surface area (Å²) in [6.45, 7) is 5.27. The first-order chi connectivity index (χ1) is 11.2. The maximum absolute atomic E-state index is 12.2. The Morgan fingerprint density at radius 3 is 2.74 bits per heavy atom. The minimum Gasteiger partial charge on any atom is -0.334 e. The molecular formula is C18H20N4O. The number of urea groups is 1. The van der Waals surface area contributed by atoms with Gasteiger partial charge in [0.2, 0.25) is 0 Å². The molecule has 0 aliphatic heterocycles. The van der Waals surface area contributed by atoms with Crippen LogP contribution < -0.4 is 10.6 Å². The number of nitrogens with zero attached hydrogens (tertiary/aromatic N) is 2. The summed E-state index contributed by atoms with van der Waals surface area (Å²) in [5, 5.41) is 12.3. The van der Waals surface area contributed by atoms with Crippen LogP contribution in [0.4, 0.5) is 10.5 Å². The minimum atomic E-state index is -0.218. The van der Waals surface area contributed by atoms with E-state index in [1.165, 1.54) is 0 Å². The van der Waals surface area contributed by atoms with E-state index >= 15 is 0 Å². The summed E-state index contributed by atoms with van der Waals surface area (Å²) < 4.78 is 1.87. The van der Waals surface area contributed by atoms with Gasteiger partial charge < -0.3 is 10.6 Å². The summed E-state index contributed by atoms with van der Waals surface area (Å²) in [4.78, 5) is 12.2. The fraction of sp³-hybridized carbons (Fsp3) is 0.222. The Morgan fingerprint density at radius 1 is 1.17 bits per heavy atom. The van der Waals surface area contributed by atoms with E-state index in [4.69, 9.17) is 0 Å². The average molecular weight is 308 g/mol. The van der Waals surface area contributed by atoms with Gasteiger partial charge in [-0.1, -0.05) is 36.4 Å². The lowest BCUT2D eigenvalue weighted by Gasteiger charge is -2.10. The lowest BCUT2D eigenvalue weighted by atomic mass is 10.1. The smallest absolute Gasteiger partial charge is 0.319 e. The highest BCUT2D eigenvalue weighted by Crippen LogP contribution is 2.22. The highest BCUT2D eigenvalue weighted by molar-refractivity contribution is 6.01. The standard InChI is InChI=1S/C18H20N4O/c1-3-22-12-15(13(2)21-22)11-19-18(23)20-17-10-6-8-14-7-4-5-9-16(14)17/h4-10,12H,3,11H2,1-2H3,(H2,19,20,23). The molecule has 0 spiro atoms. The van der Waals surface area contributed by atoms with Gasteiger partial charge in [0.25, 0.3) is 0 Å². The molecule has 0 radical (unpaired) electrons. The van der Waals surface area contributed by atoms with Crippen LogP contribution in [0.2, 0.25) is 0 Å². The molecule has 1 heterocycles. The molecule has 0 atom stereocenters. The second-order valence-electron chi connectivity index (χ2n) is 5.43. The molecule has 5 heteroatoms. The van der Waals surface area contributed by atoms with E-state index in [0.717, 1.165) is 34.3 Å². The molecule has 2 N–H and O–H groups in total. The average Bonchev–Trinajstić information content (AvgIpc) is 2.93. The monoisotopic (exact) mass is 308 g/mol. The number of fused-ring (bicyclic) bond motifs is 1. The molecule has 3 aromatic rings. The van der Waals surface area contributed by atoms with Crippen molar-refractivity contribution in [3.8, 4) is 0 Å². The fourth-order valence-corrected chi connectivity index (χ4v) is 2.57. The molecule has 0 unspecified atom stereocenters. The van der Waals surface area contributed by atoms with Gasteiger partial charge in [0.05, 0.1) is 11.4 Å². The van der Waals surface area contributed by atoms with Crippen molar-refractivity contribution in [2.45, 2.75) is 26.9 Å². The summed E-state index contributed by atoms with van der Waals surface area (Å²) in [5.41, 5.74) is 2.78. The summed E-state index contributed by atoms with van der Waals surface area (Å²) in [6, 6.07) is 13.6. The molecule has 0 bridgehead atoms. The number of aryl methyl sites for hydroxylation is 2. The molecule has 0 aliphatic carbocycles. The summed E-state index contributed by atoms with van der Waals surface area (Å²) >= 11 is 0. The highest BCUT2D eigenvalue weighted by Gasteiger charge is 2.08. The molecule has 23 heavy (non-hydrogen) atoms. The fourth-order valence-electron chi connectivity index (χ4n) is 2.57. The van der Waals surface area contributed by atoms with Gasteiger partial charge in [0, 0.05) is 30.2 Å². The number of rotatable bonds is 4. The van der Waals surface area contributed by atoms with Gasteiger partial charge in [-0.15, -0.1) is 0 Å². The number of benzene rings is 2. The molecule has 0 aliphatic rings. The first-order valence-electron chi connectivity index (χ1n) is 7.73. The largest absolute Gasteiger partial charge is 0.334 e. The van der Waals surface area contributed by atoms with Gasteiger partial charge in [0.1, 0.15) is 0 Å². The summed E-state index contributed by atoms with van der Waals surface area (Å²) in [5.74, 6) is 0. The Hall–Kier alpha value is -2.82.